The van der Waals surface area contributed by atoms with E-state index in [0.29, 0.717) is 12.6 Å². The van der Waals surface area contributed by atoms with Crippen molar-refractivity contribution in [3.05, 3.63) is 47.3 Å². The number of aliphatic hydroxyl groups is 1. The fourth-order valence-electron chi connectivity index (χ4n) is 2.00. The summed E-state index contributed by atoms with van der Waals surface area (Å²) in [4.78, 5) is 2.20. The molecular weight excluding hydrogens is 253 g/mol. The van der Waals surface area contributed by atoms with Crippen molar-refractivity contribution in [2.45, 2.75) is 25.0 Å². The van der Waals surface area contributed by atoms with Crippen molar-refractivity contribution in [2.24, 2.45) is 0 Å². The van der Waals surface area contributed by atoms with Gasteiger partial charge >= 0.3 is 0 Å². The average molecular weight is 270 g/mol. The zero-order valence-electron chi connectivity index (χ0n) is 10.1. The Morgan fingerprint density at radius 1 is 1.39 bits per heavy atom. The summed E-state index contributed by atoms with van der Waals surface area (Å²) >= 11 is 5.53. The normalized spacial score (nSPS) is 17.6. The minimum atomic E-state index is -0.588. The first-order chi connectivity index (χ1) is 8.70. The van der Waals surface area contributed by atoms with Crippen LogP contribution in [-0.4, -0.2) is 29.1 Å². The molecule has 1 aromatic carbocycles. The lowest BCUT2D eigenvalue weighted by atomic mass is 10.1. The van der Waals surface area contributed by atoms with Crippen molar-refractivity contribution >= 4 is 11.6 Å². The number of aliphatic hydroxyl groups excluding tert-OH is 1. The van der Waals surface area contributed by atoms with Crippen LogP contribution in [0, 0.1) is 5.82 Å². The predicted molar refractivity (Wildman–Crippen MR) is 70.9 cm³/mol. The van der Waals surface area contributed by atoms with Crippen LogP contribution in [0.1, 0.15) is 24.5 Å². The fraction of sp³-hybridized carbons (Fsp3) is 0.429. The minimum absolute atomic E-state index is 0.282. The molecule has 0 bridgehead atoms. The van der Waals surface area contributed by atoms with E-state index >= 15 is 0 Å². The Morgan fingerprint density at radius 3 is 2.61 bits per heavy atom. The first-order valence-electron chi connectivity index (χ1n) is 6.13. The van der Waals surface area contributed by atoms with Crippen LogP contribution in [0.3, 0.4) is 0 Å². The zero-order valence-corrected chi connectivity index (χ0v) is 10.9. The van der Waals surface area contributed by atoms with Crippen molar-refractivity contribution in [1.82, 2.24) is 4.90 Å². The third kappa shape index (κ3) is 3.80. The second-order valence-electron chi connectivity index (χ2n) is 4.61. The van der Waals surface area contributed by atoms with Crippen LogP contribution in [0.15, 0.2) is 35.9 Å². The Bertz CT molecular complexity index is 403. The summed E-state index contributed by atoms with van der Waals surface area (Å²) in [5.74, 6) is -0.282. The van der Waals surface area contributed by atoms with E-state index in [4.69, 9.17) is 11.6 Å². The van der Waals surface area contributed by atoms with Crippen molar-refractivity contribution < 1.29 is 9.50 Å². The van der Waals surface area contributed by atoms with Gasteiger partial charge in [0.15, 0.2) is 0 Å². The summed E-state index contributed by atoms with van der Waals surface area (Å²) in [5.41, 5.74) is 2.25. The number of hydrogen-bond acceptors (Lipinski definition) is 2. The molecule has 2 nitrogen and oxygen atoms in total. The Kier molecular flexibility index (Phi) is 4.75. The summed E-state index contributed by atoms with van der Waals surface area (Å²) in [6.07, 6.45) is 3.63. The number of hydrogen-bond donors (Lipinski definition) is 1. The van der Waals surface area contributed by atoms with Gasteiger partial charge in [0.2, 0.25) is 0 Å². The van der Waals surface area contributed by atoms with Gasteiger partial charge in [-0.3, -0.25) is 4.90 Å². The third-order valence-electron chi connectivity index (χ3n) is 3.15. The number of rotatable bonds is 6. The van der Waals surface area contributed by atoms with Crippen LogP contribution in [-0.2, 0) is 0 Å². The average Bonchev–Trinajstić information content (AvgIpc) is 3.19. The summed E-state index contributed by atoms with van der Waals surface area (Å²) in [6.45, 7) is 1.30. The molecule has 1 saturated carbocycles. The molecule has 0 aliphatic heterocycles. The zero-order chi connectivity index (χ0) is 13.0. The highest BCUT2D eigenvalue weighted by atomic mass is 35.5. The van der Waals surface area contributed by atoms with Crippen LogP contribution >= 0.6 is 11.6 Å². The van der Waals surface area contributed by atoms with E-state index in [0.717, 1.165) is 12.1 Å². The number of halogens is 2. The molecule has 1 aromatic rings. The molecule has 1 fully saturated rings. The van der Waals surface area contributed by atoms with Gasteiger partial charge in [0.25, 0.3) is 0 Å². The molecule has 0 saturated heterocycles. The molecule has 2 rings (SSSR count). The molecular formula is C14H17ClFNO. The first kappa shape index (κ1) is 13.5. The fourth-order valence-corrected chi connectivity index (χ4v) is 2.08. The van der Waals surface area contributed by atoms with E-state index in [-0.39, 0.29) is 5.82 Å². The smallest absolute Gasteiger partial charge is 0.123 e. The highest BCUT2D eigenvalue weighted by Gasteiger charge is 2.29. The molecule has 1 atom stereocenters. The molecule has 0 radical (unpaired) electrons. The van der Waals surface area contributed by atoms with E-state index < -0.39 is 6.10 Å². The first-order valence-corrected chi connectivity index (χ1v) is 6.57. The van der Waals surface area contributed by atoms with E-state index in [1.54, 1.807) is 12.1 Å². The van der Waals surface area contributed by atoms with Crippen LogP contribution in [0.5, 0.6) is 0 Å². The van der Waals surface area contributed by atoms with Crippen LogP contribution in [0.25, 0.3) is 0 Å². The molecule has 1 unspecified atom stereocenters. The lowest BCUT2D eigenvalue weighted by molar-refractivity contribution is 0.115. The second kappa shape index (κ2) is 6.32. The van der Waals surface area contributed by atoms with E-state index in [9.17, 15) is 9.50 Å². The van der Waals surface area contributed by atoms with E-state index in [1.807, 2.05) is 6.08 Å². The molecule has 1 N–H and O–H groups in total. The van der Waals surface area contributed by atoms with Gasteiger partial charge in [0.1, 0.15) is 5.82 Å². The predicted octanol–water partition coefficient (Wildman–Crippen LogP) is 3.08. The van der Waals surface area contributed by atoms with E-state index in [1.165, 1.54) is 30.5 Å². The summed E-state index contributed by atoms with van der Waals surface area (Å²) in [5, 5.41) is 10.1. The largest absolute Gasteiger partial charge is 0.387 e. The summed E-state index contributed by atoms with van der Waals surface area (Å²) in [6, 6.07) is 6.55. The van der Waals surface area contributed by atoms with Gasteiger partial charge in [-0.1, -0.05) is 29.8 Å². The molecule has 0 spiro atoms. The topological polar surface area (TPSA) is 23.5 Å². The van der Waals surface area contributed by atoms with Crippen molar-refractivity contribution in [2.75, 3.05) is 13.1 Å². The maximum absolute atomic E-state index is 12.8. The number of benzene rings is 1. The van der Waals surface area contributed by atoms with E-state index in [2.05, 4.69) is 4.90 Å². The Labute approximate surface area is 112 Å². The Hall–Kier alpha value is -0.900. The second-order valence-corrected chi connectivity index (χ2v) is 4.87. The third-order valence-corrected chi connectivity index (χ3v) is 3.33. The standard InChI is InChI=1S/C14H17ClFNO/c15-8-1-9-17(13-6-7-13)10-14(18)11-2-4-12(16)5-3-11/h1-5,8,13-14,18H,6-7,9-10H2. The van der Waals surface area contributed by atoms with Gasteiger partial charge in [-0.15, -0.1) is 0 Å². The van der Waals surface area contributed by atoms with Crippen LogP contribution in [0.2, 0.25) is 0 Å². The minimum Gasteiger partial charge on any atom is -0.387 e. The SMILES string of the molecule is OC(CN(CC=CCl)C1CC1)c1ccc(F)cc1. The van der Waals surface area contributed by atoms with Crippen molar-refractivity contribution in [3.63, 3.8) is 0 Å². The lowest BCUT2D eigenvalue weighted by Gasteiger charge is -2.23. The van der Waals surface area contributed by atoms with Gasteiger partial charge in [0, 0.05) is 24.7 Å². The highest BCUT2D eigenvalue weighted by Crippen LogP contribution is 2.28. The lowest BCUT2D eigenvalue weighted by Crippen LogP contribution is -2.31. The summed E-state index contributed by atoms with van der Waals surface area (Å²) in [7, 11) is 0. The number of nitrogens with zero attached hydrogens (tertiary/aromatic N) is 1. The molecule has 1 aliphatic carbocycles. The summed E-state index contributed by atoms with van der Waals surface area (Å²) < 4.78 is 12.8. The van der Waals surface area contributed by atoms with Gasteiger partial charge in [0.05, 0.1) is 6.10 Å². The Balaban J connectivity index is 1.95. The van der Waals surface area contributed by atoms with Crippen molar-refractivity contribution in [1.29, 1.82) is 0 Å². The molecule has 4 heteroatoms. The quantitative estimate of drug-likeness (QED) is 0.858. The molecule has 1 aliphatic rings. The Morgan fingerprint density at radius 2 is 2.06 bits per heavy atom. The van der Waals surface area contributed by atoms with Crippen molar-refractivity contribution in [3.8, 4) is 0 Å². The maximum atomic E-state index is 12.8. The van der Waals surface area contributed by atoms with Crippen LogP contribution in [0.4, 0.5) is 4.39 Å². The maximum Gasteiger partial charge on any atom is 0.123 e. The molecule has 0 aromatic heterocycles. The van der Waals surface area contributed by atoms with Gasteiger partial charge in [-0.25, -0.2) is 4.39 Å². The molecule has 0 heterocycles. The highest BCUT2D eigenvalue weighted by molar-refractivity contribution is 6.25. The van der Waals surface area contributed by atoms with Gasteiger partial charge in [-0.2, -0.15) is 0 Å². The molecule has 98 valence electrons. The molecule has 0 amide bonds. The monoisotopic (exact) mass is 269 g/mol. The molecule has 18 heavy (non-hydrogen) atoms. The van der Waals surface area contributed by atoms with Gasteiger partial charge in [-0.05, 0) is 30.5 Å². The van der Waals surface area contributed by atoms with Gasteiger partial charge < -0.3 is 5.11 Å². The van der Waals surface area contributed by atoms with Crippen LogP contribution < -0.4 is 0 Å².